The monoisotopic (exact) mass is 428 g/mol. The third-order valence-corrected chi connectivity index (χ3v) is 5.29. The fourth-order valence-corrected chi connectivity index (χ4v) is 3.68. The van der Waals surface area contributed by atoms with Gasteiger partial charge in [0.2, 0.25) is 0 Å². The van der Waals surface area contributed by atoms with Crippen LogP contribution in [0, 0.1) is 5.92 Å². The largest absolute Gasteiger partial charge is 0.284 e. The van der Waals surface area contributed by atoms with Gasteiger partial charge in [-0.2, -0.15) is 0 Å². The van der Waals surface area contributed by atoms with Crippen LogP contribution in [-0.4, -0.2) is 12.1 Å². The molecule has 0 radical (unpaired) electrons. The summed E-state index contributed by atoms with van der Waals surface area (Å²) in [5, 5.41) is 0. The molecule has 0 amide bonds. The first kappa shape index (κ1) is 22.2. The third-order valence-electron chi connectivity index (χ3n) is 5.29. The van der Waals surface area contributed by atoms with Crippen LogP contribution in [0.15, 0.2) is 125 Å². The summed E-state index contributed by atoms with van der Waals surface area (Å²) in [5.74, 6) is 3.74. The highest BCUT2D eigenvalue weighted by molar-refractivity contribution is 5.99. The highest BCUT2D eigenvalue weighted by atomic mass is 14.8. The molecule has 0 aliphatic carbocycles. The maximum Gasteiger partial charge on any atom is 0.102 e. The van der Waals surface area contributed by atoms with E-state index in [4.69, 9.17) is 9.98 Å². The lowest BCUT2D eigenvalue weighted by Crippen LogP contribution is -2.01. The zero-order chi connectivity index (χ0) is 22.9. The maximum atomic E-state index is 4.95. The minimum Gasteiger partial charge on any atom is -0.284 e. The van der Waals surface area contributed by atoms with Gasteiger partial charge in [0, 0.05) is 11.8 Å². The molecular weight excluding hydrogens is 400 g/mol. The van der Waals surface area contributed by atoms with Gasteiger partial charge in [-0.1, -0.05) is 123 Å². The van der Waals surface area contributed by atoms with E-state index in [0.717, 1.165) is 33.5 Å². The van der Waals surface area contributed by atoms with E-state index in [-0.39, 0.29) is 6.04 Å². The lowest BCUT2D eigenvalue weighted by molar-refractivity contribution is 0.837. The second kappa shape index (κ2) is 11.0. The highest BCUT2D eigenvalue weighted by Crippen LogP contribution is 2.33. The van der Waals surface area contributed by atoms with E-state index >= 15 is 0 Å². The van der Waals surface area contributed by atoms with Gasteiger partial charge in [0.25, 0.3) is 0 Å². The van der Waals surface area contributed by atoms with E-state index in [0.29, 0.717) is 5.92 Å². The molecule has 0 aromatic heterocycles. The van der Waals surface area contributed by atoms with Crippen molar-refractivity contribution in [1.29, 1.82) is 0 Å². The smallest absolute Gasteiger partial charge is 0.102 e. The van der Waals surface area contributed by atoms with Crippen LogP contribution in [0.1, 0.15) is 42.1 Å². The average molecular weight is 429 g/mol. The van der Waals surface area contributed by atoms with Crippen LogP contribution >= 0.6 is 0 Å². The van der Waals surface area contributed by atoms with Crippen molar-refractivity contribution in [2.75, 3.05) is 0 Å². The first-order valence-corrected chi connectivity index (χ1v) is 11.3. The van der Waals surface area contributed by atoms with Crippen molar-refractivity contribution in [3.8, 4) is 0 Å². The molecule has 0 unspecified atom stereocenters. The Bertz CT molecular complexity index is 1210. The Morgan fingerprint density at radius 1 is 0.667 bits per heavy atom. The molecule has 0 spiro atoms. The summed E-state index contributed by atoms with van der Waals surface area (Å²) in [4.78, 5) is 9.82. The summed E-state index contributed by atoms with van der Waals surface area (Å²) in [6.07, 6.45) is 2.02. The Balaban J connectivity index is 1.85. The summed E-state index contributed by atoms with van der Waals surface area (Å²) < 4.78 is 0. The third kappa shape index (κ3) is 5.83. The minimum atomic E-state index is -0.118. The van der Waals surface area contributed by atoms with Gasteiger partial charge in [-0.3, -0.25) is 4.99 Å². The number of rotatable bonds is 7. The molecule has 2 nitrogen and oxygen atoms in total. The molecule has 0 N–H and O–H groups in total. The molecule has 0 saturated heterocycles. The Kier molecular flexibility index (Phi) is 7.43. The Labute approximate surface area is 196 Å². The Morgan fingerprint density at radius 3 is 1.76 bits per heavy atom. The predicted molar refractivity (Wildman–Crippen MR) is 141 cm³/mol. The topological polar surface area (TPSA) is 24.7 Å². The Morgan fingerprint density at radius 2 is 1.18 bits per heavy atom. The molecule has 0 heterocycles. The highest BCUT2D eigenvalue weighted by Gasteiger charge is 2.16. The quantitative estimate of drug-likeness (QED) is 0.267. The summed E-state index contributed by atoms with van der Waals surface area (Å²) in [7, 11) is 0. The molecule has 0 bridgehead atoms. The van der Waals surface area contributed by atoms with Crippen molar-refractivity contribution in [3.05, 3.63) is 138 Å². The van der Waals surface area contributed by atoms with Gasteiger partial charge in [0.05, 0.1) is 11.3 Å². The predicted octanol–water partition coefficient (Wildman–Crippen LogP) is 7.94. The van der Waals surface area contributed by atoms with E-state index in [9.17, 15) is 0 Å². The van der Waals surface area contributed by atoms with Crippen LogP contribution < -0.4 is 0 Å². The van der Waals surface area contributed by atoms with Crippen LogP contribution in [0.3, 0.4) is 0 Å². The molecule has 4 aromatic carbocycles. The molecule has 4 aromatic rings. The molecule has 2 heteroatoms. The van der Waals surface area contributed by atoms with Gasteiger partial charge in [-0.25, -0.2) is 4.99 Å². The molecule has 162 valence electrons. The standard InChI is InChI=1S/C31H28N2/c1-24(2)22-33-31(27-18-10-5-11-19-27)28-20-12-13-21-30(28)32-23-29(25-14-6-3-7-15-25)26-16-8-4-9-17-26/h3-22,24,31H,1-2H3/t31-/m0/s1. The van der Waals surface area contributed by atoms with E-state index in [2.05, 4.69) is 74.3 Å². The van der Waals surface area contributed by atoms with Crippen LogP contribution in [-0.2, 0) is 0 Å². The normalized spacial score (nSPS) is 11.8. The van der Waals surface area contributed by atoms with E-state index < -0.39 is 0 Å². The van der Waals surface area contributed by atoms with Crippen molar-refractivity contribution in [2.24, 2.45) is 15.9 Å². The van der Waals surface area contributed by atoms with Crippen molar-refractivity contribution < 1.29 is 0 Å². The van der Waals surface area contributed by atoms with Gasteiger partial charge >= 0.3 is 0 Å². The van der Waals surface area contributed by atoms with Gasteiger partial charge < -0.3 is 0 Å². The fourth-order valence-electron chi connectivity index (χ4n) is 3.68. The number of nitrogens with zero attached hydrogens (tertiary/aromatic N) is 2. The molecular formula is C31H28N2. The van der Waals surface area contributed by atoms with Crippen molar-refractivity contribution in [2.45, 2.75) is 19.9 Å². The second-order valence-electron chi connectivity index (χ2n) is 8.24. The number of para-hydroxylation sites is 1. The van der Waals surface area contributed by atoms with Crippen molar-refractivity contribution in [1.82, 2.24) is 0 Å². The number of hydrogen-bond donors (Lipinski definition) is 0. The number of hydrogen-bond acceptors (Lipinski definition) is 2. The molecule has 0 aliphatic rings. The molecule has 0 fully saturated rings. The summed E-state index contributed by atoms with van der Waals surface area (Å²) in [6.45, 7) is 4.29. The zero-order valence-electron chi connectivity index (χ0n) is 19.1. The maximum absolute atomic E-state index is 4.95. The molecule has 33 heavy (non-hydrogen) atoms. The van der Waals surface area contributed by atoms with E-state index in [1.165, 1.54) is 0 Å². The van der Waals surface area contributed by atoms with Crippen molar-refractivity contribution >= 4 is 23.3 Å². The second-order valence-corrected chi connectivity index (χ2v) is 8.24. The summed E-state index contributed by atoms with van der Waals surface area (Å²) >= 11 is 0. The lowest BCUT2D eigenvalue weighted by Gasteiger charge is -2.16. The number of aliphatic imine (C=N–C) groups is 2. The lowest BCUT2D eigenvalue weighted by atomic mass is 9.97. The van der Waals surface area contributed by atoms with Gasteiger partial charge in [-0.05, 0) is 34.5 Å². The minimum absolute atomic E-state index is 0.118. The Hall–Kier alpha value is -4.00. The molecule has 4 rings (SSSR count). The van der Waals surface area contributed by atoms with E-state index in [1.54, 1.807) is 0 Å². The molecule has 0 aliphatic heterocycles. The first-order chi connectivity index (χ1) is 16.2. The van der Waals surface area contributed by atoms with Crippen LogP contribution in [0.2, 0.25) is 0 Å². The fraction of sp³-hybridized carbons (Fsp3) is 0.129. The van der Waals surface area contributed by atoms with Gasteiger partial charge in [0.1, 0.15) is 6.04 Å². The van der Waals surface area contributed by atoms with Crippen LogP contribution in [0.25, 0.3) is 5.57 Å². The van der Waals surface area contributed by atoms with Crippen LogP contribution in [0.4, 0.5) is 5.69 Å². The zero-order valence-corrected chi connectivity index (χ0v) is 19.1. The molecule has 0 saturated carbocycles. The van der Waals surface area contributed by atoms with Gasteiger partial charge in [0.15, 0.2) is 0 Å². The first-order valence-electron chi connectivity index (χ1n) is 11.3. The number of benzene rings is 4. The van der Waals surface area contributed by atoms with Gasteiger partial charge in [-0.15, -0.1) is 0 Å². The summed E-state index contributed by atoms with van der Waals surface area (Å²) in [5.41, 5.74) is 6.22. The van der Waals surface area contributed by atoms with Crippen molar-refractivity contribution in [3.63, 3.8) is 0 Å². The molecule has 1 atom stereocenters. The average Bonchev–Trinajstić information content (AvgIpc) is 2.87. The van der Waals surface area contributed by atoms with Crippen LogP contribution in [0.5, 0.6) is 0 Å². The SMILES string of the molecule is CC(C)C=N[C@@H](c1ccccc1)c1ccccc1N=C=C(c1ccccc1)c1ccccc1. The van der Waals surface area contributed by atoms with E-state index in [1.807, 2.05) is 66.9 Å². The summed E-state index contributed by atoms with van der Waals surface area (Å²) in [6, 6.07) is 39.1.